The number of ether oxygens (including phenoxy) is 1. The molecule has 1 heterocycles. The van der Waals surface area contributed by atoms with Gasteiger partial charge in [-0.2, -0.15) is 0 Å². The number of primary sulfonamides is 1. The molecule has 2 N–H and O–H groups in total. The van der Waals surface area contributed by atoms with Crippen molar-refractivity contribution in [2.75, 3.05) is 20.2 Å². The molecule has 2 aromatic carbocycles. The van der Waals surface area contributed by atoms with E-state index in [-0.39, 0.29) is 22.5 Å². The SMILES string of the molecule is COc1cc2c(cc1S(N)(=O)=O)CCN(C(C)=O)CC2c1ccccc1. The van der Waals surface area contributed by atoms with Crippen molar-refractivity contribution >= 4 is 15.9 Å². The molecule has 6 nitrogen and oxygen atoms in total. The molecule has 26 heavy (non-hydrogen) atoms. The lowest BCUT2D eigenvalue weighted by molar-refractivity contribution is -0.128. The summed E-state index contributed by atoms with van der Waals surface area (Å²) in [6, 6.07) is 13.2. The van der Waals surface area contributed by atoms with Crippen LogP contribution in [-0.2, 0) is 21.2 Å². The Hall–Kier alpha value is -2.38. The summed E-state index contributed by atoms with van der Waals surface area (Å²) >= 11 is 0. The van der Waals surface area contributed by atoms with Crippen LogP contribution in [0.4, 0.5) is 0 Å². The molecule has 0 fully saturated rings. The molecular formula is C19H22N2O4S. The first kappa shape index (κ1) is 18.4. The lowest BCUT2D eigenvalue weighted by Crippen LogP contribution is -2.33. The molecule has 7 heteroatoms. The number of methoxy groups -OCH3 is 1. The van der Waals surface area contributed by atoms with E-state index in [1.54, 1.807) is 24.0 Å². The van der Waals surface area contributed by atoms with Crippen molar-refractivity contribution in [2.45, 2.75) is 24.2 Å². The largest absolute Gasteiger partial charge is 0.495 e. The third-order valence-electron chi connectivity index (χ3n) is 4.81. The summed E-state index contributed by atoms with van der Waals surface area (Å²) in [6.07, 6.45) is 0.560. The van der Waals surface area contributed by atoms with Gasteiger partial charge in [-0.15, -0.1) is 0 Å². The van der Waals surface area contributed by atoms with Crippen LogP contribution in [0.1, 0.15) is 29.5 Å². The van der Waals surface area contributed by atoms with E-state index in [4.69, 9.17) is 9.88 Å². The average Bonchev–Trinajstić information content (AvgIpc) is 2.80. The normalized spacial score (nSPS) is 17.3. The zero-order valence-corrected chi connectivity index (χ0v) is 15.6. The molecule has 0 saturated carbocycles. The molecule has 0 bridgehead atoms. The topological polar surface area (TPSA) is 89.7 Å². The molecule has 0 spiro atoms. The molecule has 0 aromatic heterocycles. The fraction of sp³-hybridized carbons (Fsp3) is 0.316. The van der Waals surface area contributed by atoms with E-state index in [2.05, 4.69) is 0 Å². The third-order valence-corrected chi connectivity index (χ3v) is 5.74. The number of amides is 1. The van der Waals surface area contributed by atoms with Gasteiger partial charge in [0.2, 0.25) is 15.9 Å². The summed E-state index contributed by atoms with van der Waals surface area (Å²) in [6.45, 7) is 2.61. The van der Waals surface area contributed by atoms with Crippen molar-refractivity contribution in [1.82, 2.24) is 4.90 Å². The summed E-state index contributed by atoms with van der Waals surface area (Å²) < 4.78 is 29.2. The second-order valence-corrected chi connectivity index (χ2v) is 7.96. The lowest BCUT2D eigenvalue weighted by Gasteiger charge is -2.25. The molecule has 0 saturated heterocycles. The van der Waals surface area contributed by atoms with E-state index in [0.717, 1.165) is 16.7 Å². The van der Waals surface area contributed by atoms with Gasteiger partial charge in [0, 0.05) is 25.9 Å². The maximum atomic E-state index is 12.0. The average molecular weight is 374 g/mol. The first-order chi connectivity index (χ1) is 12.3. The van der Waals surface area contributed by atoms with Gasteiger partial charge in [-0.1, -0.05) is 30.3 Å². The Labute approximate surface area is 153 Å². The van der Waals surface area contributed by atoms with E-state index in [9.17, 15) is 13.2 Å². The molecule has 1 atom stereocenters. The zero-order chi connectivity index (χ0) is 18.9. The number of carbonyl (C=O) groups excluding carboxylic acids is 1. The van der Waals surface area contributed by atoms with E-state index < -0.39 is 10.0 Å². The Bertz CT molecular complexity index is 926. The van der Waals surface area contributed by atoms with Crippen LogP contribution in [0.25, 0.3) is 0 Å². The van der Waals surface area contributed by atoms with Crippen molar-refractivity contribution in [3.63, 3.8) is 0 Å². The predicted molar refractivity (Wildman–Crippen MR) is 98.6 cm³/mol. The van der Waals surface area contributed by atoms with Crippen LogP contribution >= 0.6 is 0 Å². The molecule has 1 unspecified atom stereocenters. The Morgan fingerprint density at radius 2 is 1.92 bits per heavy atom. The van der Waals surface area contributed by atoms with Crippen LogP contribution in [0.5, 0.6) is 5.75 Å². The van der Waals surface area contributed by atoms with Gasteiger partial charge in [0.1, 0.15) is 10.6 Å². The van der Waals surface area contributed by atoms with Crippen LogP contribution in [-0.4, -0.2) is 39.4 Å². The quantitative estimate of drug-likeness (QED) is 0.888. The second kappa shape index (κ2) is 7.09. The number of carbonyl (C=O) groups is 1. The number of benzene rings is 2. The minimum Gasteiger partial charge on any atom is -0.495 e. The Morgan fingerprint density at radius 1 is 1.23 bits per heavy atom. The highest BCUT2D eigenvalue weighted by atomic mass is 32.2. The van der Waals surface area contributed by atoms with Crippen molar-refractivity contribution in [3.05, 3.63) is 59.2 Å². The molecule has 2 aromatic rings. The number of hydrogen-bond donors (Lipinski definition) is 1. The van der Waals surface area contributed by atoms with E-state index in [0.29, 0.717) is 19.5 Å². The lowest BCUT2D eigenvalue weighted by atomic mass is 9.88. The highest BCUT2D eigenvalue weighted by molar-refractivity contribution is 7.89. The maximum Gasteiger partial charge on any atom is 0.241 e. The molecule has 0 aliphatic carbocycles. The molecule has 3 rings (SSSR count). The smallest absolute Gasteiger partial charge is 0.241 e. The van der Waals surface area contributed by atoms with Crippen LogP contribution in [0.2, 0.25) is 0 Å². The maximum absolute atomic E-state index is 12.0. The van der Waals surface area contributed by atoms with Crippen molar-refractivity contribution in [2.24, 2.45) is 5.14 Å². The third kappa shape index (κ3) is 3.59. The zero-order valence-electron chi connectivity index (χ0n) is 14.8. The monoisotopic (exact) mass is 374 g/mol. The summed E-state index contributed by atoms with van der Waals surface area (Å²) in [5.41, 5.74) is 2.89. The van der Waals surface area contributed by atoms with Crippen molar-refractivity contribution in [3.8, 4) is 5.75 Å². The Morgan fingerprint density at radius 3 is 2.50 bits per heavy atom. The number of nitrogens with two attached hydrogens (primary N) is 1. The van der Waals surface area contributed by atoms with Gasteiger partial charge in [0.05, 0.1) is 7.11 Å². The predicted octanol–water partition coefficient (Wildman–Crippen LogP) is 1.88. The first-order valence-electron chi connectivity index (χ1n) is 8.35. The van der Waals surface area contributed by atoms with Crippen LogP contribution < -0.4 is 9.88 Å². The number of rotatable bonds is 3. The molecule has 0 radical (unpaired) electrons. The molecule has 1 amide bonds. The Balaban J connectivity index is 2.20. The van der Waals surface area contributed by atoms with Gasteiger partial charge in [-0.25, -0.2) is 13.6 Å². The van der Waals surface area contributed by atoms with E-state index in [1.807, 2.05) is 30.3 Å². The summed E-state index contributed by atoms with van der Waals surface area (Å²) in [7, 11) is -2.49. The minimum absolute atomic E-state index is 0.00243. The van der Waals surface area contributed by atoms with E-state index in [1.165, 1.54) is 7.11 Å². The van der Waals surface area contributed by atoms with Crippen LogP contribution in [0.3, 0.4) is 0 Å². The standard InChI is InChI=1S/C19H22N2O4S/c1-13(22)21-9-8-15-10-19(26(20,23)24)18(25-2)11-16(15)17(12-21)14-6-4-3-5-7-14/h3-7,10-11,17H,8-9,12H2,1-2H3,(H2,20,23,24). The highest BCUT2D eigenvalue weighted by Crippen LogP contribution is 2.36. The van der Waals surface area contributed by atoms with Gasteiger partial charge in [0.25, 0.3) is 0 Å². The molecular weight excluding hydrogens is 352 g/mol. The van der Waals surface area contributed by atoms with Crippen molar-refractivity contribution in [1.29, 1.82) is 0 Å². The van der Waals surface area contributed by atoms with Gasteiger partial charge < -0.3 is 9.64 Å². The fourth-order valence-electron chi connectivity index (χ4n) is 3.46. The van der Waals surface area contributed by atoms with Gasteiger partial charge in [-0.3, -0.25) is 4.79 Å². The van der Waals surface area contributed by atoms with Gasteiger partial charge >= 0.3 is 0 Å². The second-order valence-electron chi connectivity index (χ2n) is 6.43. The van der Waals surface area contributed by atoms with Crippen LogP contribution in [0.15, 0.2) is 47.4 Å². The molecule has 138 valence electrons. The minimum atomic E-state index is -3.91. The highest BCUT2D eigenvalue weighted by Gasteiger charge is 2.28. The summed E-state index contributed by atoms with van der Waals surface area (Å²) in [4.78, 5) is 13.8. The fourth-order valence-corrected chi connectivity index (χ4v) is 4.19. The molecule has 1 aliphatic rings. The van der Waals surface area contributed by atoms with Crippen LogP contribution in [0, 0.1) is 0 Å². The van der Waals surface area contributed by atoms with Gasteiger partial charge in [-0.05, 0) is 35.2 Å². The Kier molecular flexibility index (Phi) is 5.02. The van der Waals surface area contributed by atoms with Crippen molar-refractivity contribution < 1.29 is 17.9 Å². The summed E-state index contributed by atoms with van der Waals surface area (Å²) in [5, 5.41) is 5.35. The first-order valence-corrected chi connectivity index (χ1v) is 9.90. The molecule has 1 aliphatic heterocycles. The van der Waals surface area contributed by atoms with E-state index >= 15 is 0 Å². The van der Waals surface area contributed by atoms with Gasteiger partial charge in [0.15, 0.2) is 0 Å². The number of sulfonamides is 1. The summed E-state index contributed by atoms with van der Waals surface area (Å²) in [5.74, 6) is 0.154. The number of fused-ring (bicyclic) bond motifs is 1. The number of nitrogens with zero attached hydrogens (tertiary/aromatic N) is 1. The number of hydrogen-bond acceptors (Lipinski definition) is 4.